The third kappa shape index (κ3) is 5.97. The Balaban J connectivity index is 2.38. The molecule has 1 amide bonds. The zero-order chi connectivity index (χ0) is 13.6. The minimum atomic E-state index is -4.68. The van der Waals surface area contributed by atoms with Gasteiger partial charge in [-0.1, -0.05) is 0 Å². The maximum atomic E-state index is 11.9. The highest BCUT2D eigenvalue weighted by molar-refractivity contribution is 5.72. The molecule has 0 heterocycles. The van der Waals surface area contributed by atoms with Crippen LogP contribution in [0.3, 0.4) is 0 Å². The molecular weight excluding hydrogens is 249 g/mol. The van der Waals surface area contributed by atoms with E-state index in [0.717, 1.165) is 0 Å². The first kappa shape index (κ1) is 14.1. The topological polar surface area (TPSA) is 50.4 Å². The van der Waals surface area contributed by atoms with Crippen molar-refractivity contribution in [2.24, 2.45) is 0 Å². The molecule has 7 heteroatoms. The number of carbonyl (C=O) groups excluding carboxylic acids is 1. The fourth-order valence-corrected chi connectivity index (χ4v) is 1.22. The largest absolute Gasteiger partial charge is 0.573 e. The molecule has 100 valence electrons. The Morgan fingerprint density at radius 2 is 1.83 bits per heavy atom. The van der Waals surface area contributed by atoms with Crippen LogP contribution in [0, 0.1) is 0 Å². The van der Waals surface area contributed by atoms with Crippen molar-refractivity contribution < 1.29 is 22.7 Å². The Labute approximate surface area is 102 Å². The fourth-order valence-electron chi connectivity index (χ4n) is 1.22. The first-order valence-corrected chi connectivity index (χ1v) is 5.21. The van der Waals surface area contributed by atoms with Gasteiger partial charge >= 0.3 is 6.36 Å². The average Bonchev–Trinajstić information content (AvgIpc) is 2.24. The van der Waals surface area contributed by atoms with Crippen LogP contribution >= 0.6 is 0 Å². The van der Waals surface area contributed by atoms with Crippen LogP contribution in [0.15, 0.2) is 24.3 Å². The highest BCUT2D eigenvalue weighted by atomic mass is 19.4. The molecule has 0 aliphatic rings. The third-order valence-corrected chi connectivity index (χ3v) is 1.92. The third-order valence-electron chi connectivity index (χ3n) is 1.92. The minimum absolute atomic E-state index is 0.134. The summed E-state index contributed by atoms with van der Waals surface area (Å²) < 4.78 is 39.4. The summed E-state index contributed by atoms with van der Waals surface area (Å²) >= 11 is 0. The van der Waals surface area contributed by atoms with Gasteiger partial charge in [0.25, 0.3) is 0 Å². The molecule has 18 heavy (non-hydrogen) atoms. The molecule has 0 atom stereocenters. The van der Waals surface area contributed by atoms with Gasteiger partial charge in [-0.05, 0) is 24.3 Å². The molecule has 0 saturated heterocycles. The van der Waals surface area contributed by atoms with Crippen molar-refractivity contribution in [1.82, 2.24) is 5.32 Å². The number of alkyl halides is 3. The Morgan fingerprint density at radius 1 is 1.22 bits per heavy atom. The van der Waals surface area contributed by atoms with E-state index in [1.54, 1.807) is 0 Å². The summed E-state index contributed by atoms with van der Waals surface area (Å²) in [5.41, 5.74) is 0.648. The molecule has 0 spiro atoms. The van der Waals surface area contributed by atoms with E-state index in [4.69, 9.17) is 0 Å². The van der Waals surface area contributed by atoms with Crippen LogP contribution in [0.4, 0.5) is 18.9 Å². The van der Waals surface area contributed by atoms with Crippen LogP contribution in [-0.2, 0) is 4.79 Å². The minimum Gasteiger partial charge on any atom is -0.406 e. The Kier molecular flexibility index (Phi) is 4.82. The number of ether oxygens (including phenoxy) is 1. The maximum absolute atomic E-state index is 11.9. The Hall–Kier alpha value is -1.92. The van der Waals surface area contributed by atoms with Gasteiger partial charge in [-0.25, -0.2) is 0 Å². The predicted octanol–water partition coefficient (Wildman–Crippen LogP) is 2.13. The lowest BCUT2D eigenvalue weighted by Gasteiger charge is -2.10. The van der Waals surface area contributed by atoms with Gasteiger partial charge in [0.1, 0.15) is 5.75 Å². The van der Waals surface area contributed by atoms with Gasteiger partial charge in [0.15, 0.2) is 0 Å². The molecule has 0 fully saturated rings. The van der Waals surface area contributed by atoms with Crippen molar-refractivity contribution in [3.63, 3.8) is 0 Å². The molecule has 0 aliphatic heterocycles. The van der Waals surface area contributed by atoms with Crippen molar-refractivity contribution in [3.8, 4) is 5.75 Å². The van der Waals surface area contributed by atoms with E-state index in [-0.39, 0.29) is 11.7 Å². The van der Waals surface area contributed by atoms with Crippen LogP contribution in [0.2, 0.25) is 0 Å². The summed E-state index contributed by atoms with van der Waals surface area (Å²) in [5.74, 6) is -0.402. The summed E-state index contributed by atoms with van der Waals surface area (Å²) in [5, 5.41) is 5.52. The number of carbonyl (C=O) groups is 1. The molecule has 4 nitrogen and oxygen atoms in total. The lowest BCUT2D eigenvalue weighted by molar-refractivity contribution is -0.274. The van der Waals surface area contributed by atoms with E-state index in [0.29, 0.717) is 18.8 Å². The normalized spacial score (nSPS) is 10.9. The molecular formula is C11H13F3N2O2. The molecule has 0 aliphatic carbocycles. The van der Waals surface area contributed by atoms with Crippen molar-refractivity contribution in [1.29, 1.82) is 0 Å². The number of hydrogen-bond acceptors (Lipinski definition) is 3. The SMILES string of the molecule is CC(=O)NCCNc1ccc(OC(F)(F)F)cc1. The van der Waals surface area contributed by atoms with E-state index >= 15 is 0 Å². The van der Waals surface area contributed by atoms with Crippen molar-refractivity contribution in [2.75, 3.05) is 18.4 Å². The predicted molar refractivity (Wildman–Crippen MR) is 60.3 cm³/mol. The summed E-state index contributed by atoms with van der Waals surface area (Å²) in [7, 11) is 0. The van der Waals surface area contributed by atoms with E-state index in [9.17, 15) is 18.0 Å². The van der Waals surface area contributed by atoms with Crippen LogP contribution < -0.4 is 15.4 Å². The molecule has 0 unspecified atom stereocenters. The molecule has 0 bridgehead atoms. The Bertz CT molecular complexity index is 390. The molecule has 1 aromatic carbocycles. The van der Waals surface area contributed by atoms with Gasteiger partial charge in [-0.3, -0.25) is 4.79 Å². The second-order valence-corrected chi connectivity index (χ2v) is 3.48. The molecule has 2 N–H and O–H groups in total. The second-order valence-electron chi connectivity index (χ2n) is 3.48. The molecule has 1 rings (SSSR count). The average molecular weight is 262 g/mol. The van der Waals surface area contributed by atoms with E-state index in [1.165, 1.54) is 31.2 Å². The van der Waals surface area contributed by atoms with Crippen molar-refractivity contribution in [2.45, 2.75) is 13.3 Å². The summed E-state index contributed by atoms with van der Waals surface area (Å²) in [6, 6.07) is 5.37. The first-order valence-electron chi connectivity index (χ1n) is 5.21. The van der Waals surface area contributed by atoms with E-state index in [1.807, 2.05) is 0 Å². The van der Waals surface area contributed by atoms with Gasteiger partial charge in [0, 0.05) is 25.7 Å². The zero-order valence-electron chi connectivity index (χ0n) is 9.67. The summed E-state index contributed by atoms with van der Waals surface area (Å²) in [6.45, 7) is 2.33. The highest BCUT2D eigenvalue weighted by Gasteiger charge is 2.30. The first-order chi connectivity index (χ1) is 8.37. The maximum Gasteiger partial charge on any atom is 0.573 e. The lowest BCUT2D eigenvalue weighted by Crippen LogP contribution is -2.26. The number of anilines is 1. The van der Waals surface area contributed by atoms with Crippen LogP contribution in [0.5, 0.6) is 5.75 Å². The van der Waals surface area contributed by atoms with Crippen LogP contribution in [0.1, 0.15) is 6.92 Å². The zero-order valence-corrected chi connectivity index (χ0v) is 9.67. The molecule has 1 aromatic rings. The number of hydrogen-bond donors (Lipinski definition) is 2. The standard InChI is InChI=1S/C11H13F3N2O2/c1-8(17)15-6-7-16-9-2-4-10(5-3-9)18-11(12,13)14/h2-5,16H,6-7H2,1H3,(H,15,17). The molecule has 0 saturated carbocycles. The van der Waals surface area contributed by atoms with Crippen LogP contribution in [-0.4, -0.2) is 25.4 Å². The van der Waals surface area contributed by atoms with Gasteiger partial charge < -0.3 is 15.4 Å². The number of halogens is 3. The number of amides is 1. The van der Waals surface area contributed by atoms with E-state index < -0.39 is 6.36 Å². The number of benzene rings is 1. The van der Waals surface area contributed by atoms with Gasteiger partial charge in [-0.15, -0.1) is 13.2 Å². The Morgan fingerprint density at radius 3 is 2.33 bits per heavy atom. The van der Waals surface area contributed by atoms with Gasteiger partial charge in [0.05, 0.1) is 0 Å². The molecule has 0 radical (unpaired) electrons. The van der Waals surface area contributed by atoms with E-state index in [2.05, 4.69) is 15.4 Å². The second kappa shape index (κ2) is 6.13. The number of rotatable bonds is 5. The fraction of sp³-hybridized carbons (Fsp3) is 0.364. The van der Waals surface area contributed by atoms with Gasteiger partial charge in [0.2, 0.25) is 5.91 Å². The lowest BCUT2D eigenvalue weighted by atomic mass is 10.3. The summed E-state index contributed by atoms with van der Waals surface area (Å²) in [4.78, 5) is 10.6. The monoisotopic (exact) mass is 262 g/mol. The van der Waals surface area contributed by atoms with Crippen LogP contribution in [0.25, 0.3) is 0 Å². The van der Waals surface area contributed by atoms with Crippen molar-refractivity contribution >= 4 is 11.6 Å². The smallest absolute Gasteiger partial charge is 0.406 e. The van der Waals surface area contributed by atoms with Gasteiger partial charge in [-0.2, -0.15) is 0 Å². The quantitative estimate of drug-likeness (QED) is 0.799. The molecule has 0 aromatic heterocycles. The highest BCUT2D eigenvalue weighted by Crippen LogP contribution is 2.23. The van der Waals surface area contributed by atoms with Crippen molar-refractivity contribution in [3.05, 3.63) is 24.3 Å². The number of nitrogens with one attached hydrogen (secondary N) is 2. The summed E-state index contributed by atoms with van der Waals surface area (Å²) in [6.07, 6.45) is -4.68.